The van der Waals surface area contributed by atoms with Gasteiger partial charge in [0.1, 0.15) is 5.82 Å². The van der Waals surface area contributed by atoms with Gasteiger partial charge in [0.25, 0.3) is 0 Å². The lowest BCUT2D eigenvalue weighted by molar-refractivity contribution is 0.138. The number of likely N-dealkylation sites (N-methyl/N-ethyl adjacent to an activating group) is 1. The molecule has 1 fully saturated rings. The first kappa shape index (κ1) is 14.0. The molecular weight excluding hydrogens is 295 g/mol. The van der Waals surface area contributed by atoms with E-state index in [1.54, 1.807) is 6.07 Å². The number of hydrogen-bond donors (Lipinski definition) is 0. The van der Waals surface area contributed by atoms with Crippen LogP contribution < -0.4 is 0 Å². The molecule has 18 heavy (non-hydrogen) atoms. The Hall–Kier alpha value is -0.450. The van der Waals surface area contributed by atoms with Gasteiger partial charge in [-0.3, -0.25) is 0 Å². The van der Waals surface area contributed by atoms with Crippen LogP contribution in [0.4, 0.5) is 4.39 Å². The monoisotopic (exact) mass is 314 g/mol. The molecular formula is C14H20BrFN2. The third kappa shape index (κ3) is 4.04. The van der Waals surface area contributed by atoms with Crippen molar-refractivity contribution in [3.8, 4) is 0 Å². The minimum Gasteiger partial charge on any atom is -0.301 e. The minimum atomic E-state index is -0.157. The summed E-state index contributed by atoms with van der Waals surface area (Å²) in [6, 6.07) is 5.14. The smallest absolute Gasteiger partial charge is 0.124 e. The fourth-order valence-electron chi connectivity index (χ4n) is 2.37. The molecule has 0 spiro atoms. The molecule has 0 amide bonds. The topological polar surface area (TPSA) is 6.48 Å². The van der Waals surface area contributed by atoms with Gasteiger partial charge in [-0.15, -0.1) is 0 Å². The van der Waals surface area contributed by atoms with Gasteiger partial charge in [0, 0.05) is 37.2 Å². The minimum absolute atomic E-state index is 0.157. The summed E-state index contributed by atoms with van der Waals surface area (Å²) in [6.07, 6.45) is 0.919. The van der Waals surface area contributed by atoms with Crippen molar-refractivity contribution in [2.45, 2.75) is 13.3 Å². The van der Waals surface area contributed by atoms with E-state index in [1.165, 1.54) is 6.07 Å². The van der Waals surface area contributed by atoms with Crippen molar-refractivity contribution in [2.24, 2.45) is 0 Å². The molecule has 0 bridgehead atoms. The molecule has 1 saturated heterocycles. The van der Waals surface area contributed by atoms with Crippen molar-refractivity contribution in [1.82, 2.24) is 9.80 Å². The highest BCUT2D eigenvalue weighted by atomic mass is 79.9. The van der Waals surface area contributed by atoms with Gasteiger partial charge in [0.05, 0.1) is 0 Å². The van der Waals surface area contributed by atoms with Crippen LogP contribution in [0, 0.1) is 5.82 Å². The Morgan fingerprint density at radius 2 is 1.78 bits per heavy atom. The van der Waals surface area contributed by atoms with E-state index in [0.29, 0.717) is 0 Å². The summed E-state index contributed by atoms with van der Waals surface area (Å²) in [5.74, 6) is -0.157. The molecule has 100 valence electrons. The molecule has 0 aromatic heterocycles. The summed E-state index contributed by atoms with van der Waals surface area (Å²) >= 11 is 3.34. The number of piperazine rings is 1. The first-order chi connectivity index (χ1) is 8.67. The SMILES string of the molecule is CCN1CCN(CCc2cc(F)cc(Br)c2)CC1. The fraction of sp³-hybridized carbons (Fsp3) is 0.571. The molecule has 1 aliphatic rings. The molecule has 2 rings (SSSR count). The van der Waals surface area contributed by atoms with Crippen LogP contribution in [0.1, 0.15) is 12.5 Å². The van der Waals surface area contributed by atoms with Gasteiger partial charge >= 0.3 is 0 Å². The van der Waals surface area contributed by atoms with E-state index in [4.69, 9.17) is 0 Å². The fourth-order valence-corrected chi connectivity index (χ4v) is 2.88. The van der Waals surface area contributed by atoms with Gasteiger partial charge in [0.2, 0.25) is 0 Å². The maximum absolute atomic E-state index is 13.2. The zero-order valence-corrected chi connectivity index (χ0v) is 12.4. The lowest BCUT2D eigenvalue weighted by atomic mass is 10.1. The van der Waals surface area contributed by atoms with Gasteiger partial charge in [-0.2, -0.15) is 0 Å². The van der Waals surface area contributed by atoms with Crippen molar-refractivity contribution < 1.29 is 4.39 Å². The molecule has 0 aliphatic carbocycles. The Labute approximate surface area is 117 Å². The van der Waals surface area contributed by atoms with Gasteiger partial charge in [-0.05, 0) is 36.7 Å². The normalized spacial score (nSPS) is 18.2. The zero-order valence-electron chi connectivity index (χ0n) is 10.8. The molecule has 1 aromatic rings. The zero-order chi connectivity index (χ0) is 13.0. The first-order valence-electron chi connectivity index (χ1n) is 6.57. The molecule has 1 heterocycles. The lowest BCUT2D eigenvalue weighted by Crippen LogP contribution is -2.46. The number of benzene rings is 1. The maximum Gasteiger partial charge on any atom is 0.124 e. The van der Waals surface area contributed by atoms with Gasteiger partial charge in [-0.1, -0.05) is 22.9 Å². The molecule has 4 heteroatoms. The molecule has 0 atom stereocenters. The molecule has 1 aliphatic heterocycles. The molecule has 0 radical (unpaired) electrons. The van der Waals surface area contributed by atoms with E-state index in [9.17, 15) is 4.39 Å². The van der Waals surface area contributed by atoms with Crippen LogP contribution in [0.2, 0.25) is 0 Å². The highest BCUT2D eigenvalue weighted by Crippen LogP contribution is 2.15. The van der Waals surface area contributed by atoms with Crippen LogP contribution in [0.25, 0.3) is 0 Å². The molecule has 0 saturated carbocycles. The first-order valence-corrected chi connectivity index (χ1v) is 7.36. The molecule has 1 aromatic carbocycles. The van der Waals surface area contributed by atoms with Gasteiger partial charge in [0.15, 0.2) is 0 Å². The van der Waals surface area contributed by atoms with Crippen molar-refractivity contribution in [3.05, 3.63) is 34.1 Å². The van der Waals surface area contributed by atoms with Crippen molar-refractivity contribution >= 4 is 15.9 Å². The summed E-state index contributed by atoms with van der Waals surface area (Å²) in [5.41, 5.74) is 1.07. The molecule has 0 N–H and O–H groups in total. The van der Waals surface area contributed by atoms with E-state index in [-0.39, 0.29) is 5.82 Å². The van der Waals surface area contributed by atoms with Crippen molar-refractivity contribution in [2.75, 3.05) is 39.3 Å². The van der Waals surface area contributed by atoms with Crippen molar-refractivity contribution in [1.29, 1.82) is 0 Å². The van der Waals surface area contributed by atoms with Crippen LogP contribution >= 0.6 is 15.9 Å². The second-order valence-electron chi connectivity index (χ2n) is 4.80. The standard InChI is InChI=1S/C14H20BrFN2/c1-2-17-5-7-18(8-6-17)4-3-12-9-13(15)11-14(16)10-12/h9-11H,2-8H2,1H3. The second kappa shape index (κ2) is 6.64. The predicted molar refractivity (Wildman–Crippen MR) is 76.4 cm³/mol. The van der Waals surface area contributed by atoms with Crippen LogP contribution in [-0.4, -0.2) is 49.1 Å². The van der Waals surface area contributed by atoms with E-state index in [1.807, 2.05) is 6.07 Å². The van der Waals surface area contributed by atoms with Crippen LogP contribution in [0.5, 0.6) is 0 Å². The largest absolute Gasteiger partial charge is 0.301 e. The van der Waals surface area contributed by atoms with Crippen LogP contribution in [0.15, 0.2) is 22.7 Å². The Morgan fingerprint density at radius 3 is 2.39 bits per heavy atom. The Bertz CT molecular complexity index is 369. The van der Waals surface area contributed by atoms with E-state index in [0.717, 1.165) is 55.7 Å². The Balaban J connectivity index is 1.81. The summed E-state index contributed by atoms with van der Waals surface area (Å²) in [7, 11) is 0. The van der Waals surface area contributed by atoms with E-state index in [2.05, 4.69) is 32.7 Å². The average Bonchev–Trinajstić information content (AvgIpc) is 2.36. The number of rotatable bonds is 4. The Kier molecular flexibility index (Phi) is 5.15. The maximum atomic E-state index is 13.2. The summed E-state index contributed by atoms with van der Waals surface area (Å²) < 4.78 is 14.1. The number of hydrogen-bond acceptors (Lipinski definition) is 2. The molecule has 0 unspecified atom stereocenters. The number of nitrogens with zero attached hydrogens (tertiary/aromatic N) is 2. The van der Waals surface area contributed by atoms with E-state index >= 15 is 0 Å². The van der Waals surface area contributed by atoms with Gasteiger partial charge in [-0.25, -0.2) is 4.39 Å². The molecule has 2 nitrogen and oxygen atoms in total. The second-order valence-corrected chi connectivity index (χ2v) is 5.72. The summed E-state index contributed by atoms with van der Waals surface area (Å²) in [5, 5.41) is 0. The third-order valence-electron chi connectivity index (χ3n) is 3.55. The van der Waals surface area contributed by atoms with E-state index < -0.39 is 0 Å². The van der Waals surface area contributed by atoms with Crippen LogP contribution in [-0.2, 0) is 6.42 Å². The summed E-state index contributed by atoms with van der Waals surface area (Å²) in [6.45, 7) is 8.94. The quantitative estimate of drug-likeness (QED) is 0.843. The third-order valence-corrected chi connectivity index (χ3v) is 4.01. The predicted octanol–water partition coefficient (Wildman–Crippen LogP) is 2.77. The Morgan fingerprint density at radius 1 is 1.11 bits per heavy atom. The van der Waals surface area contributed by atoms with Crippen molar-refractivity contribution in [3.63, 3.8) is 0 Å². The highest BCUT2D eigenvalue weighted by molar-refractivity contribution is 9.10. The van der Waals surface area contributed by atoms with Gasteiger partial charge < -0.3 is 9.80 Å². The lowest BCUT2D eigenvalue weighted by Gasteiger charge is -2.34. The average molecular weight is 315 g/mol. The highest BCUT2D eigenvalue weighted by Gasteiger charge is 2.14. The summed E-state index contributed by atoms with van der Waals surface area (Å²) in [4.78, 5) is 4.93. The number of halogens is 2. The van der Waals surface area contributed by atoms with Crippen LogP contribution in [0.3, 0.4) is 0 Å².